The van der Waals surface area contributed by atoms with Gasteiger partial charge in [-0.05, 0) is 27.7 Å². The normalized spacial score (nSPS) is 12.7. The Labute approximate surface area is 96.1 Å². The number of carbonyl (C=O) groups is 2. The molecule has 0 aromatic carbocycles. The number of methoxy groups -OCH3 is 1. The highest BCUT2D eigenvalue weighted by molar-refractivity contribution is 5.81. The van der Waals surface area contributed by atoms with Gasteiger partial charge in [0.1, 0.15) is 0 Å². The Balaban J connectivity index is 4.18. The van der Waals surface area contributed by atoms with Crippen molar-refractivity contribution in [1.29, 1.82) is 0 Å². The highest BCUT2D eigenvalue weighted by Gasteiger charge is 2.24. The van der Waals surface area contributed by atoms with Crippen molar-refractivity contribution in [2.24, 2.45) is 0 Å². The van der Waals surface area contributed by atoms with Crippen molar-refractivity contribution in [3.8, 4) is 0 Å². The van der Waals surface area contributed by atoms with Crippen molar-refractivity contribution in [1.82, 2.24) is 0 Å². The van der Waals surface area contributed by atoms with Gasteiger partial charge in [-0.25, -0.2) is 4.79 Å². The first-order valence-corrected chi connectivity index (χ1v) is 5.29. The predicted octanol–water partition coefficient (Wildman–Crippen LogP) is 1.29. The maximum Gasteiger partial charge on any atom is 0.336 e. The molecule has 0 aliphatic rings. The smallest absolute Gasteiger partial charge is 0.336 e. The molecule has 0 heterocycles. The van der Waals surface area contributed by atoms with Crippen LogP contribution in [0.5, 0.6) is 0 Å². The number of hydrogen-bond donors (Lipinski definition) is 0. The van der Waals surface area contributed by atoms with E-state index in [9.17, 15) is 9.59 Å². The summed E-state index contributed by atoms with van der Waals surface area (Å²) in [5.41, 5.74) is 0. The van der Waals surface area contributed by atoms with E-state index in [2.05, 4.69) is 0 Å². The molecular weight excluding hydrogens is 212 g/mol. The Morgan fingerprint density at radius 1 is 1.00 bits per heavy atom. The molecule has 0 aromatic heterocycles. The fraction of sp³-hybridized carbons (Fsp3) is 0.818. The standard InChI is InChI=1S/C11H20O5/c1-7(2)15-10(12)6-9(14-5)11(13)16-8(3)4/h7-9H,6H2,1-5H3. The van der Waals surface area contributed by atoms with E-state index in [1.807, 2.05) is 0 Å². The summed E-state index contributed by atoms with van der Waals surface area (Å²) in [7, 11) is 1.36. The van der Waals surface area contributed by atoms with Crippen LogP contribution >= 0.6 is 0 Å². The average Bonchev–Trinajstić information content (AvgIpc) is 2.11. The van der Waals surface area contributed by atoms with Gasteiger partial charge in [-0.15, -0.1) is 0 Å². The van der Waals surface area contributed by atoms with Crippen LogP contribution in [0.1, 0.15) is 34.1 Å². The van der Waals surface area contributed by atoms with Gasteiger partial charge in [0, 0.05) is 7.11 Å². The number of carbonyl (C=O) groups excluding carboxylic acids is 2. The largest absolute Gasteiger partial charge is 0.463 e. The molecule has 0 bridgehead atoms. The molecule has 0 amide bonds. The topological polar surface area (TPSA) is 61.8 Å². The van der Waals surface area contributed by atoms with E-state index in [0.29, 0.717) is 0 Å². The summed E-state index contributed by atoms with van der Waals surface area (Å²) >= 11 is 0. The minimum absolute atomic E-state index is 0.125. The molecule has 0 N–H and O–H groups in total. The molecule has 0 aliphatic carbocycles. The highest BCUT2D eigenvalue weighted by atomic mass is 16.6. The zero-order chi connectivity index (χ0) is 12.7. The lowest BCUT2D eigenvalue weighted by atomic mass is 10.2. The molecule has 16 heavy (non-hydrogen) atoms. The van der Waals surface area contributed by atoms with Gasteiger partial charge in [0.25, 0.3) is 0 Å². The van der Waals surface area contributed by atoms with Gasteiger partial charge in [-0.3, -0.25) is 4.79 Å². The van der Waals surface area contributed by atoms with Crippen LogP contribution in [-0.2, 0) is 23.8 Å². The summed E-state index contributed by atoms with van der Waals surface area (Å²) in [6, 6.07) is 0. The van der Waals surface area contributed by atoms with Crippen molar-refractivity contribution in [2.45, 2.75) is 52.4 Å². The zero-order valence-corrected chi connectivity index (χ0v) is 10.5. The van der Waals surface area contributed by atoms with Crippen LogP contribution in [0, 0.1) is 0 Å². The monoisotopic (exact) mass is 232 g/mol. The van der Waals surface area contributed by atoms with E-state index in [1.165, 1.54) is 7.11 Å². The van der Waals surface area contributed by atoms with Crippen LogP contribution in [0.3, 0.4) is 0 Å². The molecule has 1 unspecified atom stereocenters. The molecule has 0 spiro atoms. The van der Waals surface area contributed by atoms with Crippen molar-refractivity contribution in [2.75, 3.05) is 7.11 Å². The Hall–Kier alpha value is -1.10. The summed E-state index contributed by atoms with van der Waals surface area (Å²) in [4.78, 5) is 22.8. The average molecular weight is 232 g/mol. The van der Waals surface area contributed by atoms with Crippen LogP contribution in [0.4, 0.5) is 0 Å². The molecular formula is C11H20O5. The summed E-state index contributed by atoms with van der Waals surface area (Å²) in [5, 5.41) is 0. The second-order valence-corrected chi connectivity index (χ2v) is 3.95. The van der Waals surface area contributed by atoms with Gasteiger partial charge in [-0.2, -0.15) is 0 Å². The maximum atomic E-state index is 11.5. The molecule has 0 aromatic rings. The third-order valence-electron chi connectivity index (χ3n) is 1.62. The highest BCUT2D eigenvalue weighted by Crippen LogP contribution is 2.05. The van der Waals surface area contributed by atoms with Crippen molar-refractivity contribution in [3.63, 3.8) is 0 Å². The van der Waals surface area contributed by atoms with E-state index >= 15 is 0 Å². The number of ether oxygens (including phenoxy) is 3. The van der Waals surface area contributed by atoms with Crippen molar-refractivity contribution < 1.29 is 23.8 Å². The predicted molar refractivity (Wildman–Crippen MR) is 57.9 cm³/mol. The Bertz CT molecular complexity index is 235. The maximum absolute atomic E-state index is 11.5. The van der Waals surface area contributed by atoms with E-state index in [-0.39, 0.29) is 18.6 Å². The fourth-order valence-electron chi connectivity index (χ4n) is 1.03. The second kappa shape index (κ2) is 7.22. The summed E-state index contributed by atoms with van der Waals surface area (Å²) < 4.78 is 14.7. The van der Waals surface area contributed by atoms with Gasteiger partial charge >= 0.3 is 11.9 Å². The SMILES string of the molecule is COC(CC(=O)OC(C)C)C(=O)OC(C)C. The molecule has 5 heteroatoms. The van der Waals surface area contributed by atoms with Crippen LogP contribution in [0.2, 0.25) is 0 Å². The minimum Gasteiger partial charge on any atom is -0.463 e. The van der Waals surface area contributed by atoms with Crippen LogP contribution < -0.4 is 0 Å². The van der Waals surface area contributed by atoms with Crippen LogP contribution in [-0.4, -0.2) is 37.4 Å². The zero-order valence-electron chi connectivity index (χ0n) is 10.5. The van der Waals surface area contributed by atoms with Gasteiger partial charge < -0.3 is 14.2 Å². The van der Waals surface area contributed by atoms with Crippen molar-refractivity contribution in [3.05, 3.63) is 0 Å². The molecule has 0 radical (unpaired) electrons. The molecule has 0 rings (SSSR count). The Morgan fingerprint density at radius 2 is 1.50 bits per heavy atom. The third-order valence-corrected chi connectivity index (χ3v) is 1.62. The first-order chi connectivity index (χ1) is 7.36. The van der Waals surface area contributed by atoms with Crippen molar-refractivity contribution >= 4 is 11.9 Å². The molecule has 0 aliphatic heterocycles. The lowest BCUT2D eigenvalue weighted by molar-refractivity contribution is -0.166. The minimum atomic E-state index is -0.895. The molecule has 5 nitrogen and oxygen atoms in total. The van der Waals surface area contributed by atoms with E-state index < -0.39 is 18.0 Å². The first kappa shape index (κ1) is 14.9. The fourth-order valence-corrected chi connectivity index (χ4v) is 1.03. The molecule has 1 atom stereocenters. The first-order valence-electron chi connectivity index (χ1n) is 5.29. The number of rotatable bonds is 6. The lowest BCUT2D eigenvalue weighted by Gasteiger charge is -2.16. The third kappa shape index (κ3) is 6.40. The molecule has 0 fully saturated rings. The molecule has 0 saturated carbocycles. The summed E-state index contributed by atoms with van der Waals surface area (Å²) in [6.07, 6.45) is -1.45. The lowest BCUT2D eigenvalue weighted by Crippen LogP contribution is -2.31. The van der Waals surface area contributed by atoms with Gasteiger partial charge in [0.2, 0.25) is 0 Å². The summed E-state index contributed by atoms with van der Waals surface area (Å²) in [5.74, 6) is -1.01. The Morgan fingerprint density at radius 3 is 1.88 bits per heavy atom. The number of hydrogen-bond acceptors (Lipinski definition) is 5. The second-order valence-electron chi connectivity index (χ2n) is 3.95. The number of esters is 2. The van der Waals surface area contributed by atoms with Gasteiger partial charge in [0.15, 0.2) is 6.10 Å². The van der Waals surface area contributed by atoms with Crippen LogP contribution in [0.25, 0.3) is 0 Å². The van der Waals surface area contributed by atoms with E-state index in [0.717, 1.165) is 0 Å². The van der Waals surface area contributed by atoms with Gasteiger partial charge in [-0.1, -0.05) is 0 Å². The quantitative estimate of drug-likeness (QED) is 0.646. The van der Waals surface area contributed by atoms with E-state index in [4.69, 9.17) is 14.2 Å². The Kier molecular flexibility index (Phi) is 6.72. The van der Waals surface area contributed by atoms with E-state index in [1.54, 1.807) is 27.7 Å². The molecule has 0 saturated heterocycles. The van der Waals surface area contributed by atoms with Gasteiger partial charge in [0.05, 0.1) is 18.6 Å². The van der Waals surface area contributed by atoms with Crippen LogP contribution in [0.15, 0.2) is 0 Å². The summed E-state index contributed by atoms with van der Waals surface area (Å²) in [6.45, 7) is 6.95. The molecule has 94 valence electrons.